The number of rotatable bonds is 3. The van der Waals surface area contributed by atoms with Gasteiger partial charge in [0.25, 0.3) is 0 Å². The molecule has 1 heterocycles. The van der Waals surface area contributed by atoms with Gasteiger partial charge in [-0.2, -0.15) is 0 Å². The zero-order valence-electron chi connectivity index (χ0n) is 10.4. The van der Waals surface area contributed by atoms with Crippen molar-refractivity contribution in [3.8, 4) is 0 Å². The highest BCUT2D eigenvalue weighted by molar-refractivity contribution is 5.98. The SMILES string of the molecule is O=C(Cc1ccc(F)cc1)c1ccc2c(c1)CCN2. The maximum atomic E-state index is 12.8. The van der Waals surface area contributed by atoms with E-state index in [0.717, 1.165) is 29.8 Å². The fourth-order valence-electron chi connectivity index (χ4n) is 2.37. The number of Topliss-reactive ketones (excluding diaryl/α,β-unsaturated/α-hetero) is 1. The molecule has 0 atom stereocenters. The number of benzene rings is 2. The summed E-state index contributed by atoms with van der Waals surface area (Å²) in [5, 5.41) is 3.27. The van der Waals surface area contributed by atoms with Crippen LogP contribution in [0.3, 0.4) is 0 Å². The van der Waals surface area contributed by atoms with Crippen LogP contribution in [0.2, 0.25) is 0 Å². The Morgan fingerprint density at radius 2 is 1.95 bits per heavy atom. The Morgan fingerprint density at radius 3 is 2.74 bits per heavy atom. The number of halogens is 1. The van der Waals surface area contributed by atoms with Gasteiger partial charge < -0.3 is 5.32 Å². The molecule has 19 heavy (non-hydrogen) atoms. The Morgan fingerprint density at radius 1 is 1.16 bits per heavy atom. The van der Waals surface area contributed by atoms with Gasteiger partial charge >= 0.3 is 0 Å². The molecule has 0 bridgehead atoms. The van der Waals surface area contributed by atoms with Crippen LogP contribution in [-0.4, -0.2) is 12.3 Å². The van der Waals surface area contributed by atoms with Crippen molar-refractivity contribution in [3.63, 3.8) is 0 Å². The van der Waals surface area contributed by atoms with E-state index in [2.05, 4.69) is 5.32 Å². The summed E-state index contributed by atoms with van der Waals surface area (Å²) in [7, 11) is 0. The molecule has 0 unspecified atom stereocenters. The molecular formula is C16H14FNO. The summed E-state index contributed by atoms with van der Waals surface area (Å²) in [4.78, 5) is 12.2. The van der Waals surface area contributed by atoms with Gasteiger partial charge in [-0.25, -0.2) is 4.39 Å². The normalized spacial score (nSPS) is 12.9. The van der Waals surface area contributed by atoms with E-state index in [9.17, 15) is 9.18 Å². The van der Waals surface area contributed by atoms with Crippen LogP contribution in [0.25, 0.3) is 0 Å². The molecule has 0 fully saturated rings. The molecule has 96 valence electrons. The predicted octanol–water partition coefficient (Wildman–Crippen LogP) is 3.22. The van der Waals surface area contributed by atoms with Crippen LogP contribution < -0.4 is 5.32 Å². The van der Waals surface area contributed by atoms with Gasteiger partial charge in [0.1, 0.15) is 5.82 Å². The van der Waals surface area contributed by atoms with Crippen molar-refractivity contribution >= 4 is 11.5 Å². The summed E-state index contributed by atoms with van der Waals surface area (Å²) in [6, 6.07) is 11.8. The van der Waals surface area contributed by atoms with E-state index < -0.39 is 0 Å². The third kappa shape index (κ3) is 2.50. The second-order valence-electron chi connectivity index (χ2n) is 4.78. The van der Waals surface area contributed by atoms with Crippen LogP contribution in [0, 0.1) is 5.82 Å². The molecule has 0 saturated carbocycles. The van der Waals surface area contributed by atoms with E-state index in [1.807, 2.05) is 18.2 Å². The Labute approximate surface area is 111 Å². The zero-order chi connectivity index (χ0) is 13.2. The van der Waals surface area contributed by atoms with Crippen LogP contribution in [0.1, 0.15) is 21.5 Å². The maximum absolute atomic E-state index is 12.8. The molecule has 1 N–H and O–H groups in total. The number of fused-ring (bicyclic) bond motifs is 1. The molecule has 0 spiro atoms. The summed E-state index contributed by atoms with van der Waals surface area (Å²) in [5.74, 6) is -0.207. The molecule has 2 aromatic carbocycles. The Bertz CT molecular complexity index is 619. The first kappa shape index (κ1) is 11.9. The van der Waals surface area contributed by atoms with E-state index in [0.29, 0.717) is 6.42 Å². The molecular weight excluding hydrogens is 241 g/mol. The van der Waals surface area contributed by atoms with E-state index in [-0.39, 0.29) is 11.6 Å². The lowest BCUT2D eigenvalue weighted by Gasteiger charge is -2.04. The zero-order valence-corrected chi connectivity index (χ0v) is 10.4. The number of carbonyl (C=O) groups excluding carboxylic acids is 1. The smallest absolute Gasteiger partial charge is 0.167 e. The van der Waals surface area contributed by atoms with E-state index in [1.54, 1.807) is 12.1 Å². The van der Waals surface area contributed by atoms with Crippen molar-refractivity contribution in [1.82, 2.24) is 0 Å². The van der Waals surface area contributed by atoms with Gasteiger partial charge in [-0.15, -0.1) is 0 Å². The second kappa shape index (κ2) is 4.84. The topological polar surface area (TPSA) is 29.1 Å². The van der Waals surface area contributed by atoms with Gasteiger partial charge in [0.15, 0.2) is 5.78 Å². The number of nitrogens with one attached hydrogen (secondary N) is 1. The molecule has 0 aromatic heterocycles. The molecule has 1 aliphatic heterocycles. The Kier molecular flexibility index (Phi) is 3.03. The summed E-state index contributed by atoms with van der Waals surface area (Å²) in [5.41, 5.74) is 3.89. The van der Waals surface area contributed by atoms with Crippen molar-refractivity contribution in [2.75, 3.05) is 11.9 Å². The minimum absolute atomic E-state index is 0.0707. The molecule has 0 radical (unpaired) electrons. The standard InChI is InChI=1S/C16H14FNO/c17-14-4-1-11(2-5-14)9-16(19)13-3-6-15-12(10-13)7-8-18-15/h1-6,10,18H,7-9H2. The predicted molar refractivity (Wildman–Crippen MR) is 73.1 cm³/mol. The third-order valence-corrected chi connectivity index (χ3v) is 3.41. The van der Waals surface area contributed by atoms with Crippen molar-refractivity contribution < 1.29 is 9.18 Å². The van der Waals surface area contributed by atoms with Gasteiger partial charge in [-0.05, 0) is 47.9 Å². The average Bonchev–Trinajstić information content (AvgIpc) is 2.88. The number of carbonyl (C=O) groups is 1. The minimum atomic E-state index is -0.278. The Balaban J connectivity index is 1.78. The van der Waals surface area contributed by atoms with E-state index in [4.69, 9.17) is 0 Å². The van der Waals surface area contributed by atoms with Crippen molar-refractivity contribution in [2.24, 2.45) is 0 Å². The molecule has 3 heteroatoms. The summed E-state index contributed by atoms with van der Waals surface area (Å²) >= 11 is 0. The summed E-state index contributed by atoms with van der Waals surface area (Å²) < 4.78 is 12.8. The number of ketones is 1. The van der Waals surface area contributed by atoms with Crippen LogP contribution in [-0.2, 0) is 12.8 Å². The first-order chi connectivity index (χ1) is 9.22. The van der Waals surface area contributed by atoms with Gasteiger partial charge in [0, 0.05) is 24.2 Å². The lowest BCUT2D eigenvalue weighted by Crippen LogP contribution is -2.04. The fraction of sp³-hybridized carbons (Fsp3) is 0.188. The molecule has 0 aliphatic carbocycles. The van der Waals surface area contributed by atoms with Crippen LogP contribution >= 0.6 is 0 Å². The van der Waals surface area contributed by atoms with E-state index >= 15 is 0 Å². The first-order valence-corrected chi connectivity index (χ1v) is 6.37. The lowest BCUT2D eigenvalue weighted by molar-refractivity contribution is 0.0993. The van der Waals surface area contributed by atoms with E-state index in [1.165, 1.54) is 17.7 Å². The largest absolute Gasteiger partial charge is 0.384 e. The van der Waals surface area contributed by atoms with Crippen LogP contribution in [0.15, 0.2) is 42.5 Å². The first-order valence-electron chi connectivity index (χ1n) is 6.37. The van der Waals surface area contributed by atoms with Crippen molar-refractivity contribution in [2.45, 2.75) is 12.8 Å². The highest BCUT2D eigenvalue weighted by atomic mass is 19.1. The number of anilines is 1. The van der Waals surface area contributed by atoms with Crippen molar-refractivity contribution in [3.05, 3.63) is 65.0 Å². The Hall–Kier alpha value is -2.16. The molecule has 2 aromatic rings. The van der Waals surface area contributed by atoms with Gasteiger partial charge in [-0.3, -0.25) is 4.79 Å². The molecule has 0 amide bonds. The maximum Gasteiger partial charge on any atom is 0.167 e. The number of hydrogen-bond donors (Lipinski definition) is 1. The number of hydrogen-bond acceptors (Lipinski definition) is 2. The third-order valence-electron chi connectivity index (χ3n) is 3.41. The van der Waals surface area contributed by atoms with Crippen LogP contribution in [0.5, 0.6) is 0 Å². The molecule has 3 rings (SSSR count). The van der Waals surface area contributed by atoms with Gasteiger partial charge in [0.05, 0.1) is 0 Å². The second-order valence-corrected chi connectivity index (χ2v) is 4.78. The van der Waals surface area contributed by atoms with Gasteiger partial charge in [-0.1, -0.05) is 12.1 Å². The average molecular weight is 255 g/mol. The fourth-order valence-corrected chi connectivity index (χ4v) is 2.37. The highest BCUT2D eigenvalue weighted by Crippen LogP contribution is 2.23. The molecule has 1 aliphatic rings. The quantitative estimate of drug-likeness (QED) is 0.853. The van der Waals surface area contributed by atoms with Gasteiger partial charge in [0.2, 0.25) is 0 Å². The minimum Gasteiger partial charge on any atom is -0.384 e. The van der Waals surface area contributed by atoms with Crippen LogP contribution in [0.4, 0.5) is 10.1 Å². The molecule has 2 nitrogen and oxygen atoms in total. The lowest BCUT2D eigenvalue weighted by atomic mass is 10.0. The summed E-state index contributed by atoms with van der Waals surface area (Å²) in [6.07, 6.45) is 1.28. The highest BCUT2D eigenvalue weighted by Gasteiger charge is 2.13. The molecule has 0 saturated heterocycles. The monoisotopic (exact) mass is 255 g/mol. The summed E-state index contributed by atoms with van der Waals surface area (Å²) in [6.45, 7) is 0.935. The van der Waals surface area contributed by atoms with Crippen molar-refractivity contribution in [1.29, 1.82) is 0 Å².